The Labute approximate surface area is 85.4 Å². The Morgan fingerprint density at radius 3 is 2.71 bits per heavy atom. The first-order chi connectivity index (χ1) is 6.65. The van der Waals surface area contributed by atoms with Crippen LogP contribution in [0.3, 0.4) is 0 Å². The molecule has 1 N–H and O–H groups in total. The van der Waals surface area contributed by atoms with Gasteiger partial charge in [0.05, 0.1) is 0 Å². The van der Waals surface area contributed by atoms with Gasteiger partial charge in [0.15, 0.2) is 0 Å². The summed E-state index contributed by atoms with van der Waals surface area (Å²) in [6.45, 7) is 2.86. The van der Waals surface area contributed by atoms with Gasteiger partial charge in [-0.25, -0.2) is 9.97 Å². The minimum absolute atomic E-state index is 0.821. The third-order valence-corrected chi connectivity index (χ3v) is 2.03. The topological polar surface area (TPSA) is 41.1 Å². The van der Waals surface area contributed by atoms with Crippen molar-refractivity contribution in [2.24, 2.45) is 0 Å². The van der Waals surface area contributed by atoms with Crippen LogP contribution in [0, 0.1) is 6.92 Å². The molecule has 0 bridgehead atoms. The highest BCUT2D eigenvalue weighted by Crippen LogP contribution is 2.14. The van der Waals surface area contributed by atoms with Crippen LogP contribution in [0.2, 0.25) is 0 Å². The van der Waals surface area contributed by atoms with Gasteiger partial charge in [0.2, 0.25) is 0 Å². The summed E-state index contributed by atoms with van der Waals surface area (Å²) < 4.78 is 0. The molecule has 0 fully saturated rings. The van der Waals surface area contributed by atoms with Crippen LogP contribution in [-0.2, 0) is 6.42 Å². The van der Waals surface area contributed by atoms with Crippen LogP contribution in [0.4, 0.5) is 5.82 Å². The largest absolute Gasteiger partial charge is 0.362 e. The molecule has 0 aliphatic heterocycles. The van der Waals surface area contributed by atoms with Crippen LogP contribution in [0.25, 0.3) is 0 Å². The molecule has 0 spiro atoms. The van der Waals surface area contributed by atoms with E-state index in [2.05, 4.69) is 15.3 Å². The van der Waals surface area contributed by atoms with Gasteiger partial charge in [0.1, 0.15) is 11.6 Å². The van der Waals surface area contributed by atoms with E-state index in [-0.39, 0.29) is 0 Å². The summed E-state index contributed by atoms with van der Waals surface area (Å²) >= 11 is 0. The van der Waals surface area contributed by atoms with Gasteiger partial charge < -0.3 is 10.2 Å². The fraction of sp³-hybridized carbons (Fsp3) is 0.600. The van der Waals surface area contributed by atoms with Crippen LogP contribution >= 0.6 is 0 Å². The van der Waals surface area contributed by atoms with E-state index in [0.717, 1.165) is 24.6 Å². The summed E-state index contributed by atoms with van der Waals surface area (Å²) in [4.78, 5) is 10.6. The zero-order valence-electron chi connectivity index (χ0n) is 9.33. The first-order valence-electron chi connectivity index (χ1n) is 4.79. The molecular weight excluding hydrogens is 176 g/mol. The van der Waals surface area contributed by atoms with E-state index in [1.807, 2.05) is 39.2 Å². The van der Waals surface area contributed by atoms with E-state index < -0.39 is 0 Å². The number of hydrogen-bond acceptors (Lipinski definition) is 4. The number of rotatable bonds is 4. The number of nitrogens with one attached hydrogen (secondary N) is 1. The van der Waals surface area contributed by atoms with Crippen molar-refractivity contribution in [3.05, 3.63) is 17.6 Å². The number of aromatic nitrogens is 2. The molecule has 0 atom stereocenters. The van der Waals surface area contributed by atoms with Crippen LogP contribution in [0.1, 0.15) is 11.4 Å². The molecule has 0 aromatic carbocycles. The summed E-state index contributed by atoms with van der Waals surface area (Å²) in [6.07, 6.45) is 2.87. The van der Waals surface area contributed by atoms with Gasteiger partial charge in [-0.1, -0.05) is 0 Å². The van der Waals surface area contributed by atoms with Gasteiger partial charge in [0, 0.05) is 25.9 Å². The van der Waals surface area contributed by atoms with Crippen molar-refractivity contribution in [3.63, 3.8) is 0 Å². The molecule has 1 heterocycles. The lowest BCUT2D eigenvalue weighted by atomic mass is 10.2. The predicted octanol–water partition coefficient (Wildman–Crippen LogP) is 0.613. The lowest BCUT2D eigenvalue weighted by Gasteiger charge is -2.16. The van der Waals surface area contributed by atoms with Gasteiger partial charge in [-0.05, 0) is 26.9 Å². The van der Waals surface area contributed by atoms with E-state index in [0.29, 0.717) is 0 Å². The monoisotopic (exact) mass is 194 g/mol. The van der Waals surface area contributed by atoms with E-state index in [1.54, 1.807) is 0 Å². The highest BCUT2D eigenvalue weighted by atomic mass is 15.1. The molecule has 0 unspecified atom stereocenters. The molecule has 0 aliphatic rings. The second kappa shape index (κ2) is 4.91. The maximum Gasteiger partial charge on any atom is 0.135 e. The molecule has 1 aromatic rings. The number of likely N-dealkylation sites (N-methyl/N-ethyl adjacent to an activating group) is 1. The molecule has 0 saturated carbocycles. The minimum atomic E-state index is 0.821. The van der Waals surface area contributed by atoms with Crippen LogP contribution in [-0.4, -0.2) is 37.7 Å². The third-order valence-electron chi connectivity index (χ3n) is 2.03. The number of nitrogens with zero attached hydrogens (tertiary/aromatic N) is 3. The Hall–Kier alpha value is -1.16. The predicted molar refractivity (Wildman–Crippen MR) is 58.7 cm³/mol. The molecule has 4 nitrogen and oxygen atoms in total. The maximum atomic E-state index is 4.41. The van der Waals surface area contributed by atoms with Crippen molar-refractivity contribution in [1.82, 2.24) is 15.3 Å². The number of anilines is 1. The van der Waals surface area contributed by atoms with Gasteiger partial charge >= 0.3 is 0 Å². The average Bonchev–Trinajstić information content (AvgIpc) is 2.15. The van der Waals surface area contributed by atoms with Crippen LogP contribution in [0.15, 0.2) is 6.20 Å². The molecule has 4 heteroatoms. The van der Waals surface area contributed by atoms with Crippen molar-refractivity contribution in [2.45, 2.75) is 13.3 Å². The number of aryl methyl sites for hydroxylation is 1. The van der Waals surface area contributed by atoms with Gasteiger partial charge in [-0.2, -0.15) is 0 Å². The second-order valence-corrected chi connectivity index (χ2v) is 3.51. The molecule has 0 saturated heterocycles. The smallest absolute Gasteiger partial charge is 0.135 e. The SMILES string of the molecule is CNCCc1cnc(C)nc1N(C)C. The van der Waals surface area contributed by atoms with Crippen molar-refractivity contribution in [2.75, 3.05) is 32.6 Å². The third kappa shape index (κ3) is 2.67. The fourth-order valence-electron chi connectivity index (χ4n) is 1.31. The number of hydrogen-bond donors (Lipinski definition) is 1. The molecule has 0 amide bonds. The van der Waals surface area contributed by atoms with E-state index in [1.165, 1.54) is 5.56 Å². The van der Waals surface area contributed by atoms with Crippen molar-refractivity contribution >= 4 is 5.82 Å². The first-order valence-corrected chi connectivity index (χ1v) is 4.79. The fourth-order valence-corrected chi connectivity index (χ4v) is 1.31. The zero-order chi connectivity index (χ0) is 10.6. The average molecular weight is 194 g/mol. The molecule has 1 rings (SSSR count). The van der Waals surface area contributed by atoms with Gasteiger partial charge in [-0.15, -0.1) is 0 Å². The van der Waals surface area contributed by atoms with E-state index in [4.69, 9.17) is 0 Å². The van der Waals surface area contributed by atoms with Crippen molar-refractivity contribution in [1.29, 1.82) is 0 Å². The van der Waals surface area contributed by atoms with E-state index >= 15 is 0 Å². The Kier molecular flexibility index (Phi) is 3.83. The molecular formula is C10H18N4. The zero-order valence-corrected chi connectivity index (χ0v) is 9.33. The second-order valence-electron chi connectivity index (χ2n) is 3.51. The van der Waals surface area contributed by atoms with Crippen molar-refractivity contribution in [3.8, 4) is 0 Å². The Morgan fingerprint density at radius 1 is 1.43 bits per heavy atom. The Morgan fingerprint density at radius 2 is 2.14 bits per heavy atom. The first kappa shape index (κ1) is 10.9. The summed E-state index contributed by atoms with van der Waals surface area (Å²) in [5.41, 5.74) is 1.19. The molecule has 0 radical (unpaired) electrons. The molecule has 1 aromatic heterocycles. The molecule has 0 aliphatic carbocycles. The summed E-state index contributed by atoms with van der Waals surface area (Å²) in [5, 5.41) is 3.12. The molecule has 14 heavy (non-hydrogen) atoms. The standard InChI is InChI=1S/C10H18N4/c1-8-12-7-9(5-6-11-2)10(13-8)14(3)4/h7,11H,5-6H2,1-4H3. The van der Waals surface area contributed by atoms with Gasteiger partial charge in [0.25, 0.3) is 0 Å². The summed E-state index contributed by atoms with van der Waals surface area (Å²) in [6, 6.07) is 0. The summed E-state index contributed by atoms with van der Waals surface area (Å²) in [7, 11) is 5.96. The Bertz CT molecular complexity index is 296. The lowest BCUT2D eigenvalue weighted by molar-refractivity contribution is 0.780. The minimum Gasteiger partial charge on any atom is -0.362 e. The van der Waals surface area contributed by atoms with Crippen LogP contribution < -0.4 is 10.2 Å². The normalized spacial score (nSPS) is 10.3. The summed E-state index contributed by atoms with van der Waals surface area (Å²) in [5.74, 6) is 1.84. The Balaban J connectivity index is 2.90. The highest BCUT2D eigenvalue weighted by molar-refractivity contribution is 5.44. The maximum absolute atomic E-state index is 4.41. The quantitative estimate of drug-likeness (QED) is 0.762. The lowest BCUT2D eigenvalue weighted by Crippen LogP contribution is -2.17. The van der Waals surface area contributed by atoms with Crippen LogP contribution in [0.5, 0.6) is 0 Å². The van der Waals surface area contributed by atoms with E-state index in [9.17, 15) is 0 Å². The van der Waals surface area contributed by atoms with Gasteiger partial charge in [-0.3, -0.25) is 0 Å². The highest BCUT2D eigenvalue weighted by Gasteiger charge is 2.06. The van der Waals surface area contributed by atoms with Crippen molar-refractivity contribution < 1.29 is 0 Å². The molecule has 78 valence electrons.